The van der Waals surface area contributed by atoms with Crippen LogP contribution in [0.2, 0.25) is 0 Å². The molecule has 0 radical (unpaired) electrons. The minimum absolute atomic E-state index is 0.299. The molecule has 140 valence electrons. The molecule has 1 aliphatic heterocycles. The molecule has 1 N–H and O–H groups in total. The fraction of sp³-hybridized carbons (Fsp3) is 0.308. The summed E-state index contributed by atoms with van der Waals surface area (Å²) in [6, 6.07) is 16.2. The SMILES string of the molecule is COc1ccc(C)c2c1N[C@@H](c1ccc3c4c(cccc14)CC3)[C@H]1CC=C[C@@H]21. The second kappa shape index (κ2) is 5.88. The Balaban J connectivity index is 1.57. The van der Waals surface area contributed by atoms with Crippen molar-refractivity contribution in [3.8, 4) is 5.75 Å². The van der Waals surface area contributed by atoms with Gasteiger partial charge < -0.3 is 10.1 Å². The van der Waals surface area contributed by atoms with Crippen LogP contribution in [0.25, 0.3) is 10.8 Å². The van der Waals surface area contributed by atoms with Crippen LogP contribution in [0.5, 0.6) is 5.75 Å². The largest absolute Gasteiger partial charge is 0.495 e. The fourth-order valence-corrected chi connectivity index (χ4v) is 5.89. The lowest BCUT2D eigenvalue weighted by Crippen LogP contribution is -2.30. The van der Waals surface area contributed by atoms with E-state index in [0.29, 0.717) is 17.9 Å². The van der Waals surface area contributed by atoms with Gasteiger partial charge in [-0.15, -0.1) is 0 Å². The van der Waals surface area contributed by atoms with Crippen LogP contribution in [0, 0.1) is 12.8 Å². The number of methoxy groups -OCH3 is 1. The normalized spacial score (nSPS) is 24.1. The van der Waals surface area contributed by atoms with Crippen LogP contribution < -0.4 is 10.1 Å². The van der Waals surface area contributed by atoms with Crippen LogP contribution in [0.3, 0.4) is 0 Å². The molecule has 3 aromatic rings. The molecular formula is C26H25NO. The third kappa shape index (κ3) is 2.09. The van der Waals surface area contributed by atoms with E-state index in [-0.39, 0.29) is 0 Å². The maximum Gasteiger partial charge on any atom is 0.142 e. The zero-order valence-electron chi connectivity index (χ0n) is 16.5. The second-order valence-electron chi connectivity index (χ2n) is 8.50. The summed E-state index contributed by atoms with van der Waals surface area (Å²) in [5.41, 5.74) is 8.42. The first-order valence-corrected chi connectivity index (χ1v) is 10.4. The third-order valence-corrected chi connectivity index (χ3v) is 7.17. The van der Waals surface area contributed by atoms with Gasteiger partial charge in [0.25, 0.3) is 0 Å². The number of rotatable bonds is 2. The van der Waals surface area contributed by atoms with Crippen LogP contribution in [0.4, 0.5) is 5.69 Å². The van der Waals surface area contributed by atoms with Gasteiger partial charge in [0.1, 0.15) is 5.75 Å². The van der Waals surface area contributed by atoms with Gasteiger partial charge in [-0.05, 0) is 76.8 Å². The van der Waals surface area contributed by atoms with E-state index in [1.54, 1.807) is 7.11 Å². The average Bonchev–Trinajstić information content (AvgIpc) is 3.37. The number of anilines is 1. The minimum atomic E-state index is 0.299. The van der Waals surface area contributed by atoms with Gasteiger partial charge in [-0.2, -0.15) is 0 Å². The van der Waals surface area contributed by atoms with Gasteiger partial charge >= 0.3 is 0 Å². The number of hydrogen-bond donors (Lipinski definition) is 1. The summed E-state index contributed by atoms with van der Waals surface area (Å²) in [4.78, 5) is 0. The van der Waals surface area contributed by atoms with Crippen molar-refractivity contribution in [1.82, 2.24) is 0 Å². The van der Waals surface area contributed by atoms with Gasteiger partial charge in [-0.3, -0.25) is 0 Å². The lowest BCUT2D eigenvalue weighted by Gasteiger charge is -2.39. The first-order chi connectivity index (χ1) is 13.8. The molecule has 0 saturated carbocycles. The molecule has 1 heterocycles. The first-order valence-electron chi connectivity index (χ1n) is 10.4. The molecule has 3 aromatic carbocycles. The van der Waals surface area contributed by atoms with Gasteiger partial charge in [0.05, 0.1) is 18.8 Å². The maximum absolute atomic E-state index is 5.75. The second-order valence-corrected chi connectivity index (χ2v) is 8.50. The lowest BCUT2D eigenvalue weighted by atomic mass is 9.74. The number of benzene rings is 3. The van der Waals surface area contributed by atoms with E-state index in [9.17, 15) is 0 Å². The smallest absolute Gasteiger partial charge is 0.142 e. The van der Waals surface area contributed by atoms with Crippen molar-refractivity contribution in [3.05, 3.63) is 82.4 Å². The van der Waals surface area contributed by atoms with Gasteiger partial charge in [0.15, 0.2) is 0 Å². The van der Waals surface area contributed by atoms with Crippen molar-refractivity contribution in [2.75, 3.05) is 12.4 Å². The number of fused-ring (bicyclic) bond motifs is 3. The van der Waals surface area contributed by atoms with Crippen molar-refractivity contribution < 1.29 is 4.74 Å². The van der Waals surface area contributed by atoms with E-state index in [4.69, 9.17) is 4.74 Å². The molecule has 0 aromatic heterocycles. The summed E-state index contributed by atoms with van der Waals surface area (Å²) in [5, 5.41) is 6.87. The monoisotopic (exact) mass is 367 g/mol. The summed E-state index contributed by atoms with van der Waals surface area (Å²) in [7, 11) is 1.77. The van der Waals surface area contributed by atoms with E-state index >= 15 is 0 Å². The number of ether oxygens (including phenoxy) is 1. The Kier molecular flexibility index (Phi) is 3.41. The Bertz CT molecular complexity index is 1130. The van der Waals surface area contributed by atoms with Gasteiger partial charge in [0.2, 0.25) is 0 Å². The van der Waals surface area contributed by atoms with Crippen LogP contribution in [-0.2, 0) is 12.8 Å². The molecule has 2 heteroatoms. The lowest BCUT2D eigenvalue weighted by molar-refractivity contribution is 0.397. The van der Waals surface area contributed by atoms with E-state index in [1.165, 1.54) is 57.1 Å². The maximum atomic E-state index is 5.75. The fourth-order valence-electron chi connectivity index (χ4n) is 5.89. The highest BCUT2D eigenvalue weighted by Crippen LogP contribution is 2.54. The molecule has 0 unspecified atom stereocenters. The minimum Gasteiger partial charge on any atom is -0.495 e. The molecule has 2 nitrogen and oxygen atoms in total. The Morgan fingerprint density at radius 1 is 1.00 bits per heavy atom. The van der Waals surface area contributed by atoms with Crippen LogP contribution in [0.1, 0.15) is 46.2 Å². The molecule has 0 spiro atoms. The number of aryl methyl sites for hydroxylation is 3. The zero-order valence-corrected chi connectivity index (χ0v) is 16.5. The van der Waals surface area contributed by atoms with Gasteiger partial charge in [0, 0.05) is 5.92 Å². The number of nitrogens with one attached hydrogen (secondary N) is 1. The standard InChI is InChI=1S/C26H25NO/c1-15-9-14-22(28-2)26-23(15)18-7-4-8-20(18)25(27-26)21-13-12-17-11-10-16-5-3-6-19(21)24(16)17/h3-7,9,12-14,18,20,25,27H,8,10-11H2,1-2H3/t18-,20+,25-/m1/s1. The molecule has 0 saturated heterocycles. The van der Waals surface area contributed by atoms with Crippen LogP contribution in [-0.4, -0.2) is 7.11 Å². The average molecular weight is 367 g/mol. The molecule has 3 atom stereocenters. The molecule has 6 rings (SSSR count). The highest BCUT2D eigenvalue weighted by atomic mass is 16.5. The van der Waals surface area contributed by atoms with Crippen LogP contribution >= 0.6 is 0 Å². The molecule has 0 amide bonds. The summed E-state index contributed by atoms with van der Waals surface area (Å²) in [6.07, 6.45) is 8.28. The summed E-state index contributed by atoms with van der Waals surface area (Å²) >= 11 is 0. The Hall–Kier alpha value is -2.74. The predicted octanol–water partition coefficient (Wildman–Crippen LogP) is 6.08. The first kappa shape index (κ1) is 16.2. The molecule has 2 aliphatic carbocycles. The summed E-state index contributed by atoms with van der Waals surface area (Å²) in [5.74, 6) is 1.96. The van der Waals surface area contributed by atoms with E-state index in [0.717, 1.165) is 12.2 Å². The van der Waals surface area contributed by atoms with Crippen molar-refractivity contribution in [1.29, 1.82) is 0 Å². The Morgan fingerprint density at radius 3 is 2.71 bits per heavy atom. The summed E-state index contributed by atoms with van der Waals surface area (Å²) in [6.45, 7) is 2.22. The Labute approximate surface area is 166 Å². The Morgan fingerprint density at radius 2 is 1.86 bits per heavy atom. The summed E-state index contributed by atoms with van der Waals surface area (Å²) < 4.78 is 5.75. The zero-order chi connectivity index (χ0) is 18.8. The highest BCUT2D eigenvalue weighted by molar-refractivity contribution is 5.94. The highest BCUT2D eigenvalue weighted by Gasteiger charge is 2.40. The van der Waals surface area contributed by atoms with E-state index < -0.39 is 0 Å². The molecular weight excluding hydrogens is 342 g/mol. The van der Waals surface area contributed by atoms with Crippen molar-refractivity contribution in [2.24, 2.45) is 5.92 Å². The third-order valence-electron chi connectivity index (χ3n) is 7.17. The van der Waals surface area contributed by atoms with Crippen molar-refractivity contribution >= 4 is 16.5 Å². The number of allylic oxidation sites excluding steroid dienone is 2. The van der Waals surface area contributed by atoms with Gasteiger partial charge in [-0.25, -0.2) is 0 Å². The molecule has 0 bridgehead atoms. The van der Waals surface area contributed by atoms with Gasteiger partial charge in [-0.1, -0.05) is 48.6 Å². The number of hydrogen-bond acceptors (Lipinski definition) is 2. The predicted molar refractivity (Wildman–Crippen MR) is 115 cm³/mol. The van der Waals surface area contributed by atoms with Crippen LogP contribution in [0.15, 0.2) is 54.6 Å². The molecule has 28 heavy (non-hydrogen) atoms. The topological polar surface area (TPSA) is 21.3 Å². The molecule has 3 aliphatic rings. The molecule has 0 fully saturated rings. The van der Waals surface area contributed by atoms with Crippen molar-refractivity contribution in [2.45, 2.75) is 38.1 Å². The van der Waals surface area contributed by atoms with E-state index in [1.807, 2.05) is 0 Å². The van der Waals surface area contributed by atoms with Crippen molar-refractivity contribution in [3.63, 3.8) is 0 Å². The van der Waals surface area contributed by atoms with E-state index in [2.05, 4.69) is 66.9 Å². The quantitative estimate of drug-likeness (QED) is 0.554.